The molecule has 2 atom stereocenters. The van der Waals surface area contributed by atoms with E-state index in [0.717, 1.165) is 24.4 Å². The van der Waals surface area contributed by atoms with Crippen LogP contribution in [0, 0.1) is 5.92 Å². The Balaban J connectivity index is 2.22. The van der Waals surface area contributed by atoms with Gasteiger partial charge in [-0.25, -0.2) is 0 Å². The van der Waals surface area contributed by atoms with Gasteiger partial charge in [0.05, 0.1) is 0 Å². The summed E-state index contributed by atoms with van der Waals surface area (Å²) in [4.78, 5) is 5.45. The lowest BCUT2D eigenvalue weighted by Gasteiger charge is -2.39. The van der Waals surface area contributed by atoms with Crippen LogP contribution in [-0.2, 0) is 6.18 Å². The molecule has 2 rings (SSSR count). The molecule has 1 aliphatic rings. The minimum absolute atomic E-state index is 0.0489. The summed E-state index contributed by atoms with van der Waals surface area (Å²) in [5.74, 6) is -0.696. The molecule has 0 aliphatic carbocycles. The Morgan fingerprint density at radius 3 is 2.78 bits per heavy atom. The standard InChI is InChI=1S/C10H15F3N4S/c1-6-3-2-4-17(7(6)5-14)9-15-8(16-18-9)10(11,12)13/h6-7H,2-5,14H2,1H3. The number of hydrogen-bond acceptors (Lipinski definition) is 5. The number of hydrogen-bond donors (Lipinski definition) is 1. The van der Waals surface area contributed by atoms with Crippen molar-refractivity contribution in [2.24, 2.45) is 11.7 Å². The van der Waals surface area contributed by atoms with Crippen LogP contribution in [0.15, 0.2) is 0 Å². The molecule has 1 aromatic rings. The number of aromatic nitrogens is 2. The predicted molar refractivity (Wildman–Crippen MR) is 63.5 cm³/mol. The third-order valence-corrected chi connectivity index (χ3v) is 4.03. The SMILES string of the molecule is CC1CCCN(c2nc(C(F)(F)F)ns2)C1CN. The minimum atomic E-state index is -4.48. The molecule has 0 radical (unpaired) electrons. The van der Waals surface area contributed by atoms with Crippen LogP contribution in [0.25, 0.3) is 0 Å². The molecular weight excluding hydrogens is 265 g/mol. The molecule has 1 aliphatic heterocycles. The van der Waals surface area contributed by atoms with Gasteiger partial charge in [-0.05, 0) is 18.8 Å². The molecule has 8 heteroatoms. The van der Waals surface area contributed by atoms with E-state index in [1.165, 1.54) is 0 Å². The summed E-state index contributed by atoms with van der Waals surface area (Å²) in [6.45, 7) is 3.18. The first-order valence-electron chi connectivity index (χ1n) is 5.81. The third kappa shape index (κ3) is 2.59. The van der Waals surface area contributed by atoms with E-state index in [1.807, 2.05) is 4.90 Å². The van der Waals surface area contributed by atoms with Crippen molar-refractivity contribution in [1.29, 1.82) is 0 Å². The van der Waals surface area contributed by atoms with Crippen molar-refractivity contribution < 1.29 is 13.2 Å². The highest BCUT2D eigenvalue weighted by atomic mass is 32.1. The van der Waals surface area contributed by atoms with E-state index in [4.69, 9.17) is 5.73 Å². The number of halogens is 3. The highest BCUT2D eigenvalue weighted by Crippen LogP contribution is 2.33. The lowest BCUT2D eigenvalue weighted by Crippen LogP contribution is -2.48. The van der Waals surface area contributed by atoms with Crippen molar-refractivity contribution in [3.05, 3.63) is 5.82 Å². The van der Waals surface area contributed by atoms with Crippen LogP contribution in [0.2, 0.25) is 0 Å². The van der Waals surface area contributed by atoms with E-state index in [-0.39, 0.29) is 6.04 Å². The van der Waals surface area contributed by atoms with E-state index in [0.29, 0.717) is 24.1 Å². The number of rotatable bonds is 2. The Hall–Kier alpha value is -0.890. The maximum Gasteiger partial charge on any atom is 0.452 e. The summed E-state index contributed by atoms with van der Waals surface area (Å²) in [6, 6.07) is 0.0489. The van der Waals surface area contributed by atoms with Gasteiger partial charge in [0.25, 0.3) is 0 Å². The Morgan fingerprint density at radius 1 is 1.50 bits per heavy atom. The van der Waals surface area contributed by atoms with Crippen molar-refractivity contribution in [2.75, 3.05) is 18.0 Å². The molecule has 0 saturated carbocycles. The highest BCUT2D eigenvalue weighted by Gasteiger charge is 2.38. The molecule has 0 bridgehead atoms. The maximum atomic E-state index is 12.5. The van der Waals surface area contributed by atoms with E-state index in [2.05, 4.69) is 16.3 Å². The van der Waals surface area contributed by atoms with E-state index in [9.17, 15) is 13.2 Å². The van der Waals surface area contributed by atoms with E-state index < -0.39 is 12.0 Å². The average molecular weight is 280 g/mol. The van der Waals surface area contributed by atoms with Crippen molar-refractivity contribution in [1.82, 2.24) is 9.36 Å². The van der Waals surface area contributed by atoms with Crippen molar-refractivity contribution >= 4 is 16.7 Å². The lowest BCUT2D eigenvalue weighted by atomic mass is 9.91. The summed E-state index contributed by atoms with van der Waals surface area (Å²) in [7, 11) is 0. The normalized spacial score (nSPS) is 25.5. The van der Waals surface area contributed by atoms with Crippen LogP contribution in [-0.4, -0.2) is 28.5 Å². The molecule has 1 saturated heterocycles. The second kappa shape index (κ2) is 5.00. The molecule has 1 aromatic heterocycles. The van der Waals surface area contributed by atoms with Crippen LogP contribution >= 0.6 is 11.5 Å². The van der Waals surface area contributed by atoms with Gasteiger partial charge in [0.1, 0.15) is 0 Å². The zero-order valence-corrected chi connectivity index (χ0v) is 10.8. The molecule has 18 heavy (non-hydrogen) atoms. The second-order valence-electron chi connectivity index (χ2n) is 4.51. The van der Waals surface area contributed by atoms with Crippen molar-refractivity contribution in [2.45, 2.75) is 32.0 Å². The molecule has 2 N–H and O–H groups in total. The number of alkyl halides is 3. The van der Waals surface area contributed by atoms with Gasteiger partial charge in [0.15, 0.2) is 0 Å². The Morgan fingerprint density at radius 2 is 2.22 bits per heavy atom. The Bertz CT molecular complexity index is 406. The van der Waals surface area contributed by atoms with Crippen LogP contribution in [0.3, 0.4) is 0 Å². The summed E-state index contributed by atoms with van der Waals surface area (Å²) < 4.78 is 40.8. The third-order valence-electron chi connectivity index (χ3n) is 3.27. The zero-order valence-electron chi connectivity index (χ0n) is 9.94. The first-order valence-corrected chi connectivity index (χ1v) is 6.58. The molecule has 0 spiro atoms. The smallest absolute Gasteiger partial charge is 0.342 e. The van der Waals surface area contributed by atoms with Gasteiger partial charge < -0.3 is 10.6 Å². The molecular formula is C10H15F3N4S. The summed E-state index contributed by atoms with van der Waals surface area (Å²) in [6.07, 6.45) is -2.49. The largest absolute Gasteiger partial charge is 0.452 e. The average Bonchev–Trinajstić information content (AvgIpc) is 2.77. The number of nitrogens with zero attached hydrogens (tertiary/aromatic N) is 3. The molecule has 0 aromatic carbocycles. The second-order valence-corrected chi connectivity index (χ2v) is 5.24. The molecule has 4 nitrogen and oxygen atoms in total. The van der Waals surface area contributed by atoms with Crippen LogP contribution in [0.4, 0.5) is 18.3 Å². The van der Waals surface area contributed by atoms with Gasteiger partial charge in [-0.3, -0.25) is 0 Å². The molecule has 2 heterocycles. The maximum absolute atomic E-state index is 12.5. The van der Waals surface area contributed by atoms with Gasteiger partial charge in [-0.2, -0.15) is 22.5 Å². The minimum Gasteiger partial charge on any atom is -0.342 e. The van der Waals surface area contributed by atoms with Crippen molar-refractivity contribution in [3.63, 3.8) is 0 Å². The fourth-order valence-electron chi connectivity index (χ4n) is 2.29. The number of anilines is 1. The first-order chi connectivity index (χ1) is 8.43. The van der Waals surface area contributed by atoms with Crippen molar-refractivity contribution in [3.8, 4) is 0 Å². The topological polar surface area (TPSA) is 55.0 Å². The van der Waals surface area contributed by atoms with Crippen LogP contribution in [0.1, 0.15) is 25.6 Å². The van der Waals surface area contributed by atoms with Crippen LogP contribution in [0.5, 0.6) is 0 Å². The predicted octanol–water partition coefficient (Wildman–Crippen LogP) is 2.12. The number of nitrogens with two attached hydrogens (primary N) is 1. The quantitative estimate of drug-likeness (QED) is 0.901. The highest BCUT2D eigenvalue weighted by molar-refractivity contribution is 7.09. The Kier molecular flexibility index (Phi) is 3.76. The fraction of sp³-hybridized carbons (Fsp3) is 0.800. The van der Waals surface area contributed by atoms with Gasteiger partial charge >= 0.3 is 6.18 Å². The van der Waals surface area contributed by atoms with E-state index in [1.54, 1.807) is 0 Å². The molecule has 102 valence electrons. The molecule has 2 unspecified atom stereocenters. The summed E-state index contributed by atoms with van der Waals surface area (Å²) >= 11 is 0.793. The Labute approximate surface area is 107 Å². The summed E-state index contributed by atoms with van der Waals surface area (Å²) in [5, 5.41) is 0.323. The van der Waals surface area contributed by atoms with Crippen LogP contribution < -0.4 is 10.6 Å². The summed E-state index contributed by atoms with van der Waals surface area (Å²) in [5.41, 5.74) is 5.71. The van der Waals surface area contributed by atoms with Gasteiger partial charge in [-0.1, -0.05) is 6.92 Å². The molecule has 1 fully saturated rings. The fourth-order valence-corrected chi connectivity index (χ4v) is 3.06. The number of piperidine rings is 1. The lowest BCUT2D eigenvalue weighted by molar-refractivity contribution is -0.144. The monoisotopic (exact) mass is 280 g/mol. The zero-order chi connectivity index (χ0) is 13.3. The van der Waals surface area contributed by atoms with Gasteiger partial charge in [0.2, 0.25) is 11.0 Å². The van der Waals surface area contributed by atoms with Gasteiger partial charge in [-0.15, -0.1) is 0 Å². The van der Waals surface area contributed by atoms with Gasteiger partial charge in [0, 0.05) is 30.7 Å². The molecule has 0 amide bonds. The first kappa shape index (κ1) is 13.5. The van der Waals surface area contributed by atoms with E-state index >= 15 is 0 Å².